The van der Waals surface area contributed by atoms with Crippen LogP contribution in [0.4, 0.5) is 10.7 Å². The minimum Gasteiger partial charge on any atom is -0.361 e. The van der Waals surface area contributed by atoms with Crippen LogP contribution in [0.2, 0.25) is 0 Å². The molecule has 0 aliphatic rings. The molecule has 0 spiro atoms. The first kappa shape index (κ1) is 14.5. The summed E-state index contributed by atoms with van der Waals surface area (Å²) in [5, 5.41) is 5.60. The summed E-state index contributed by atoms with van der Waals surface area (Å²) in [5.41, 5.74) is 1.98. The summed E-state index contributed by atoms with van der Waals surface area (Å²) in [6.45, 7) is 2.12. The van der Waals surface area contributed by atoms with Gasteiger partial charge in [-0.2, -0.15) is 0 Å². The quantitative estimate of drug-likeness (QED) is 0.692. The number of nitrogens with zero attached hydrogens (tertiary/aromatic N) is 3. The monoisotopic (exact) mass is 288 g/mol. The van der Waals surface area contributed by atoms with Crippen molar-refractivity contribution in [3.63, 3.8) is 0 Å². The Morgan fingerprint density at radius 2 is 2.00 bits per heavy atom. The lowest BCUT2D eigenvalue weighted by Gasteiger charge is -2.15. The van der Waals surface area contributed by atoms with Crippen molar-refractivity contribution in [1.82, 2.24) is 9.88 Å². The van der Waals surface area contributed by atoms with Crippen LogP contribution >= 0.6 is 11.3 Å². The second-order valence-corrected chi connectivity index (χ2v) is 5.66. The van der Waals surface area contributed by atoms with Crippen LogP contribution in [0, 0.1) is 0 Å². The molecule has 0 saturated heterocycles. The molecule has 20 heavy (non-hydrogen) atoms. The molecule has 5 heteroatoms. The fraction of sp³-hybridized carbons (Fsp3) is 0.333. The molecule has 1 heterocycles. The van der Waals surface area contributed by atoms with Crippen molar-refractivity contribution in [3.05, 3.63) is 41.0 Å². The minimum absolute atomic E-state index is 0.888. The largest absolute Gasteiger partial charge is 0.361 e. The van der Waals surface area contributed by atoms with E-state index in [1.54, 1.807) is 18.4 Å². The topological polar surface area (TPSA) is 40.5 Å². The van der Waals surface area contributed by atoms with Gasteiger partial charge in [-0.05, 0) is 18.6 Å². The van der Waals surface area contributed by atoms with Crippen molar-refractivity contribution in [2.45, 2.75) is 13.3 Å². The van der Waals surface area contributed by atoms with Crippen molar-refractivity contribution in [2.24, 2.45) is 4.99 Å². The van der Waals surface area contributed by atoms with Crippen LogP contribution in [0.1, 0.15) is 17.6 Å². The maximum Gasteiger partial charge on any atom is 0.152 e. The number of aromatic nitrogens is 1. The molecular weight excluding hydrogens is 268 g/mol. The molecule has 0 unspecified atom stereocenters. The molecule has 2 rings (SSSR count). The van der Waals surface area contributed by atoms with Crippen molar-refractivity contribution in [2.75, 3.05) is 26.5 Å². The number of rotatable bonds is 4. The number of nitrogens with one attached hydrogen (secondary N) is 1. The van der Waals surface area contributed by atoms with Gasteiger partial charge in [-0.25, -0.2) is 4.98 Å². The van der Waals surface area contributed by atoms with Gasteiger partial charge in [0.2, 0.25) is 0 Å². The Hall–Kier alpha value is -1.88. The summed E-state index contributed by atoms with van der Waals surface area (Å²) in [7, 11) is 5.77. The fourth-order valence-electron chi connectivity index (χ4n) is 1.92. The molecule has 0 aliphatic heterocycles. The molecule has 106 valence electrons. The Kier molecular flexibility index (Phi) is 4.74. The zero-order valence-corrected chi connectivity index (χ0v) is 13.2. The summed E-state index contributed by atoms with van der Waals surface area (Å²) < 4.78 is 0. The summed E-state index contributed by atoms with van der Waals surface area (Å²) in [5.74, 6) is 0.888. The van der Waals surface area contributed by atoms with Gasteiger partial charge in [-0.3, -0.25) is 4.99 Å². The third kappa shape index (κ3) is 3.17. The van der Waals surface area contributed by atoms with Crippen LogP contribution < -0.4 is 5.32 Å². The standard InChI is InChI=1S/C15H20N4S/c1-5-12-18-13(14(16-2)19(3)4)15(20-12)17-11-9-7-6-8-10-11/h6-10,17H,5H2,1-4H3. The number of para-hydroxylation sites is 1. The molecule has 1 N–H and O–H groups in total. The highest BCUT2D eigenvalue weighted by atomic mass is 32.1. The smallest absolute Gasteiger partial charge is 0.152 e. The van der Waals surface area contributed by atoms with Crippen LogP contribution in [0.3, 0.4) is 0 Å². The molecule has 0 saturated carbocycles. The van der Waals surface area contributed by atoms with Crippen LogP contribution in [0.5, 0.6) is 0 Å². The Labute approximate surface area is 124 Å². The Morgan fingerprint density at radius 3 is 2.55 bits per heavy atom. The normalized spacial score (nSPS) is 11.5. The van der Waals surface area contributed by atoms with E-state index >= 15 is 0 Å². The van der Waals surface area contributed by atoms with Gasteiger partial charge in [0.05, 0.1) is 5.01 Å². The highest BCUT2D eigenvalue weighted by Crippen LogP contribution is 2.29. The number of aryl methyl sites for hydroxylation is 1. The van der Waals surface area contributed by atoms with Gasteiger partial charge in [0.15, 0.2) is 5.84 Å². The van der Waals surface area contributed by atoms with Crippen molar-refractivity contribution in [3.8, 4) is 0 Å². The lowest BCUT2D eigenvalue weighted by molar-refractivity contribution is 0.620. The molecule has 0 radical (unpaired) electrons. The maximum atomic E-state index is 4.70. The average Bonchev–Trinajstić information content (AvgIpc) is 2.83. The van der Waals surface area contributed by atoms with Crippen molar-refractivity contribution >= 4 is 27.9 Å². The highest BCUT2D eigenvalue weighted by Gasteiger charge is 2.17. The molecule has 0 amide bonds. The number of aliphatic imine (C=N–C) groups is 1. The second kappa shape index (κ2) is 6.52. The molecule has 0 atom stereocenters. The number of amidine groups is 1. The fourth-order valence-corrected chi connectivity index (χ4v) is 2.84. The molecule has 0 fully saturated rings. The number of hydrogen-bond donors (Lipinski definition) is 1. The summed E-state index contributed by atoms with van der Waals surface area (Å²) in [4.78, 5) is 11.0. The zero-order valence-electron chi connectivity index (χ0n) is 12.3. The van der Waals surface area contributed by atoms with Gasteiger partial charge in [0.25, 0.3) is 0 Å². The first-order valence-corrected chi connectivity index (χ1v) is 7.43. The van der Waals surface area contributed by atoms with Gasteiger partial charge in [-0.15, -0.1) is 11.3 Å². The van der Waals surface area contributed by atoms with Gasteiger partial charge in [0.1, 0.15) is 10.7 Å². The predicted molar refractivity (Wildman–Crippen MR) is 87.4 cm³/mol. The number of anilines is 2. The van der Waals surface area contributed by atoms with Crippen LogP contribution in [0.25, 0.3) is 0 Å². The zero-order chi connectivity index (χ0) is 14.5. The van der Waals surface area contributed by atoms with E-state index in [0.29, 0.717) is 0 Å². The lowest BCUT2D eigenvalue weighted by atomic mass is 10.3. The van der Waals surface area contributed by atoms with Crippen molar-refractivity contribution < 1.29 is 0 Å². The van der Waals surface area contributed by atoms with Gasteiger partial charge in [0, 0.05) is 26.8 Å². The predicted octanol–water partition coefficient (Wildman–Crippen LogP) is 3.39. The van der Waals surface area contributed by atoms with Gasteiger partial charge < -0.3 is 10.2 Å². The summed E-state index contributed by atoms with van der Waals surface area (Å²) in [6.07, 6.45) is 0.929. The van der Waals surface area contributed by atoms with Crippen LogP contribution in [0.15, 0.2) is 35.3 Å². The van der Waals surface area contributed by atoms with Gasteiger partial charge in [-0.1, -0.05) is 25.1 Å². The first-order chi connectivity index (χ1) is 9.65. The third-order valence-corrected chi connectivity index (χ3v) is 3.97. The molecule has 1 aromatic carbocycles. The van der Waals surface area contributed by atoms with E-state index in [0.717, 1.165) is 33.6 Å². The molecule has 0 bridgehead atoms. The summed E-state index contributed by atoms with van der Waals surface area (Å²) >= 11 is 1.69. The SMILES string of the molecule is CCc1nc(C(=NC)N(C)C)c(Nc2ccccc2)s1. The molecule has 4 nitrogen and oxygen atoms in total. The number of thiazole rings is 1. The highest BCUT2D eigenvalue weighted by molar-refractivity contribution is 7.16. The van der Waals surface area contributed by atoms with Crippen LogP contribution in [-0.2, 0) is 6.42 Å². The molecule has 0 aliphatic carbocycles. The van der Waals surface area contributed by atoms with E-state index < -0.39 is 0 Å². The number of hydrogen-bond acceptors (Lipinski definition) is 4. The maximum absolute atomic E-state index is 4.70. The average molecular weight is 288 g/mol. The molecule has 2 aromatic rings. The first-order valence-electron chi connectivity index (χ1n) is 6.62. The lowest BCUT2D eigenvalue weighted by Crippen LogP contribution is -2.24. The Bertz CT molecular complexity index is 587. The van der Waals surface area contributed by atoms with Crippen molar-refractivity contribution in [1.29, 1.82) is 0 Å². The van der Waals surface area contributed by atoms with E-state index in [4.69, 9.17) is 4.98 Å². The molecule has 1 aromatic heterocycles. The van der Waals surface area contributed by atoms with E-state index in [-0.39, 0.29) is 0 Å². The van der Waals surface area contributed by atoms with E-state index in [1.807, 2.05) is 49.3 Å². The van der Waals surface area contributed by atoms with E-state index in [1.165, 1.54) is 0 Å². The Morgan fingerprint density at radius 1 is 1.30 bits per heavy atom. The minimum atomic E-state index is 0.888. The van der Waals surface area contributed by atoms with E-state index in [2.05, 4.69) is 17.2 Å². The Balaban J connectivity index is 2.39. The van der Waals surface area contributed by atoms with Crippen LogP contribution in [-0.4, -0.2) is 36.9 Å². The third-order valence-electron chi connectivity index (χ3n) is 2.85. The number of benzene rings is 1. The summed E-state index contributed by atoms with van der Waals surface area (Å²) in [6, 6.07) is 10.1. The molecular formula is C15H20N4S. The van der Waals surface area contributed by atoms with E-state index in [9.17, 15) is 0 Å². The second-order valence-electron chi connectivity index (χ2n) is 4.57. The van der Waals surface area contributed by atoms with Gasteiger partial charge >= 0.3 is 0 Å².